The summed E-state index contributed by atoms with van der Waals surface area (Å²) in [5.41, 5.74) is 0. The van der Waals surface area contributed by atoms with Gasteiger partial charge in [0.2, 0.25) is 0 Å². The maximum atomic E-state index is 8.43. The van der Waals surface area contributed by atoms with Crippen LogP contribution in [0.25, 0.3) is 0 Å². The topological polar surface area (TPSA) is 16.1 Å². The molecule has 2 nitrogen and oxygen atoms in total. The average Bonchev–Trinajstić information content (AvgIpc) is 2.54. The zero-order valence-electron chi connectivity index (χ0n) is 21.8. The van der Waals surface area contributed by atoms with Crippen LogP contribution in [-0.2, 0) is 0 Å². The number of hydrogen-bond acceptors (Lipinski definition) is 2. The Kier molecular flexibility index (Phi) is 0.736. The van der Waals surface area contributed by atoms with Crippen molar-refractivity contribution < 1.29 is 20.6 Å². The van der Waals surface area contributed by atoms with Crippen molar-refractivity contribution in [2.45, 2.75) is 32.0 Å². The lowest BCUT2D eigenvalue weighted by Crippen LogP contribution is -2.37. The van der Waals surface area contributed by atoms with Crippen molar-refractivity contribution >= 4 is 21.7 Å². The van der Waals surface area contributed by atoms with Gasteiger partial charge in [0.05, 0.1) is 5.48 Å². The number of piperidine rings is 1. The highest BCUT2D eigenvalue weighted by molar-refractivity contribution is 9.10. The molecule has 76 valence electrons. The van der Waals surface area contributed by atoms with E-state index in [1.54, 1.807) is 0 Å². The molecule has 1 aliphatic heterocycles. The molecule has 0 saturated carbocycles. The lowest BCUT2D eigenvalue weighted by atomic mass is 10.0. The third-order valence-corrected chi connectivity index (χ3v) is 1.77. The summed E-state index contributed by atoms with van der Waals surface area (Å²) in [7, 11) is 0. The van der Waals surface area contributed by atoms with Crippen molar-refractivity contribution in [1.82, 2.24) is 4.98 Å². The summed E-state index contributed by atoms with van der Waals surface area (Å²) in [6.07, 6.45) is -12.2. The minimum absolute atomic E-state index is 0.265. The van der Waals surface area contributed by atoms with Gasteiger partial charge in [-0.3, -0.25) is 0 Å². The summed E-state index contributed by atoms with van der Waals surface area (Å²) >= 11 is 2.81. The number of nitrogens with zero attached hydrogens (tertiary/aromatic N) is 2. The summed E-state index contributed by atoms with van der Waals surface area (Å²) in [5.74, 6) is -1.14. The molecule has 2 heterocycles. The largest absolute Gasteiger partial charge is 0.354 e. The van der Waals surface area contributed by atoms with Crippen molar-refractivity contribution in [3.63, 3.8) is 0 Å². The Morgan fingerprint density at radius 3 is 3.57 bits per heavy atom. The molecule has 0 amide bonds. The van der Waals surface area contributed by atoms with E-state index in [9.17, 15) is 0 Å². The zero-order chi connectivity index (χ0) is 23.2. The molecule has 0 aliphatic carbocycles. The predicted octanol–water partition coefficient (Wildman–Crippen LogP) is 3.22. The molecule has 0 spiro atoms. The van der Waals surface area contributed by atoms with E-state index in [4.69, 9.17) is 20.6 Å². The number of halogens is 1. The zero-order valence-corrected chi connectivity index (χ0v) is 8.36. The highest BCUT2D eigenvalue weighted by atomic mass is 79.9. The molecule has 1 aliphatic rings. The fraction of sp³-hybridized carbons (Fsp3) is 0.545. The van der Waals surface area contributed by atoms with E-state index < -0.39 is 62.6 Å². The Hall–Kier alpha value is -0.570. The Labute approximate surface area is 115 Å². The van der Waals surface area contributed by atoms with Gasteiger partial charge < -0.3 is 4.90 Å². The molecule has 0 N–H and O–H groups in total. The van der Waals surface area contributed by atoms with Gasteiger partial charge in [0.1, 0.15) is 5.82 Å². The Morgan fingerprint density at radius 1 is 1.79 bits per heavy atom. The lowest BCUT2D eigenvalue weighted by Gasteiger charge is -2.34. The average molecular weight is 270 g/mol. The van der Waals surface area contributed by atoms with E-state index >= 15 is 0 Å². The van der Waals surface area contributed by atoms with Gasteiger partial charge >= 0.3 is 0 Å². The molecule has 14 heavy (non-hydrogen) atoms. The molecule has 0 radical (unpaired) electrons. The summed E-state index contributed by atoms with van der Waals surface area (Å²) in [6.45, 7) is -7.48. The van der Waals surface area contributed by atoms with Gasteiger partial charge in [0, 0.05) is 38.2 Å². The Balaban J connectivity index is 3.09. The van der Waals surface area contributed by atoms with E-state index in [-0.39, 0.29) is 9.37 Å². The number of rotatable bonds is 1. The van der Waals surface area contributed by atoms with Gasteiger partial charge in [-0.2, -0.15) is 0 Å². The van der Waals surface area contributed by atoms with E-state index in [2.05, 4.69) is 20.9 Å². The van der Waals surface area contributed by atoms with Crippen molar-refractivity contribution in [2.75, 3.05) is 11.4 Å². The van der Waals surface area contributed by atoms with Crippen LogP contribution in [0, 0.1) is 0 Å². The highest BCUT2D eigenvalue weighted by Crippen LogP contribution is 2.23. The molecular formula is C11H15BrN2. The van der Waals surface area contributed by atoms with E-state index in [1.807, 2.05) is 0 Å². The smallest absolute Gasteiger partial charge is 0.128 e. The fourth-order valence-electron chi connectivity index (χ4n) is 0.820. The number of anilines is 1. The molecule has 1 unspecified atom stereocenters. The van der Waals surface area contributed by atoms with E-state index in [0.717, 1.165) is 0 Å². The van der Waals surface area contributed by atoms with Gasteiger partial charge in [-0.15, -0.1) is 0 Å². The second kappa shape index (κ2) is 4.30. The van der Waals surface area contributed by atoms with E-state index in [0.29, 0.717) is 0 Å². The Morgan fingerprint density at radius 2 is 2.71 bits per heavy atom. The summed E-state index contributed by atoms with van der Waals surface area (Å²) < 4.78 is 119. The first-order valence-corrected chi connectivity index (χ1v) is 4.35. The van der Waals surface area contributed by atoms with Crippen LogP contribution in [0.5, 0.6) is 0 Å². The molecule has 1 aromatic rings. The van der Waals surface area contributed by atoms with Crippen molar-refractivity contribution in [1.29, 1.82) is 0 Å². The minimum Gasteiger partial charge on any atom is -0.354 e. The maximum Gasteiger partial charge on any atom is 0.128 e. The van der Waals surface area contributed by atoms with Crippen LogP contribution in [0.4, 0.5) is 5.82 Å². The van der Waals surface area contributed by atoms with Crippen LogP contribution in [-0.4, -0.2) is 17.5 Å². The molecule has 2 rings (SSSR count). The monoisotopic (exact) mass is 269 g/mol. The maximum absolute atomic E-state index is 8.43. The highest BCUT2D eigenvalue weighted by Gasteiger charge is 2.18. The van der Waals surface area contributed by atoms with Crippen LogP contribution < -0.4 is 4.90 Å². The van der Waals surface area contributed by atoms with Gasteiger partial charge in [0.15, 0.2) is 0 Å². The van der Waals surface area contributed by atoms with Crippen molar-refractivity contribution in [2.24, 2.45) is 0 Å². The summed E-state index contributed by atoms with van der Waals surface area (Å²) in [5, 5.41) is 0. The molecule has 1 saturated heterocycles. The Bertz CT molecular complexity index is 850. The summed E-state index contributed by atoms with van der Waals surface area (Å²) in [4.78, 5) is 3.25. The molecule has 1 fully saturated rings. The van der Waals surface area contributed by atoms with Crippen LogP contribution >= 0.6 is 15.9 Å². The first kappa shape index (κ1) is 2.40. The second-order valence-electron chi connectivity index (χ2n) is 2.28. The molecule has 0 aromatic carbocycles. The molecular weight excluding hydrogens is 240 g/mol. The second-order valence-corrected chi connectivity index (χ2v) is 3.08. The predicted molar refractivity (Wildman–Crippen MR) is 62.6 cm³/mol. The number of hydrogen-bond donors (Lipinski definition) is 0. The third kappa shape index (κ3) is 2.08. The fourth-order valence-corrected chi connectivity index (χ4v) is 1.01. The SMILES string of the molecule is [2H]c1nc(N2C([2H])([2H])C([2H])([2H])C([2H])([2H])C([2H])([2H])C2([2H])C([2H])([2H])[2H])c([2H])c([2H])c1Br. The minimum atomic E-state index is -3.86. The van der Waals surface area contributed by atoms with E-state index in [1.165, 1.54) is 0 Å². The van der Waals surface area contributed by atoms with Gasteiger partial charge in [-0.1, -0.05) is 0 Å². The first-order chi connectivity index (χ1) is 12.6. The summed E-state index contributed by atoms with van der Waals surface area (Å²) in [6, 6.07) is -5.56. The number of pyridine rings is 1. The van der Waals surface area contributed by atoms with Crippen molar-refractivity contribution in [3.05, 3.63) is 22.7 Å². The van der Waals surface area contributed by atoms with Gasteiger partial charge in [-0.25, -0.2) is 4.98 Å². The van der Waals surface area contributed by atoms with Crippen LogP contribution in [0.2, 0.25) is 0 Å². The quantitative estimate of drug-likeness (QED) is 0.779. The van der Waals surface area contributed by atoms with Gasteiger partial charge in [-0.05, 0) is 54.0 Å². The van der Waals surface area contributed by atoms with Crippen LogP contribution in [0.1, 0.15) is 46.5 Å². The van der Waals surface area contributed by atoms with Crippen molar-refractivity contribution in [3.8, 4) is 0 Å². The molecule has 3 heteroatoms. The number of aromatic nitrogens is 1. The molecule has 0 bridgehead atoms. The first-order valence-electron chi connectivity index (χ1n) is 11.1. The van der Waals surface area contributed by atoms with Crippen LogP contribution in [0.15, 0.2) is 22.7 Å². The molecule has 1 aromatic heterocycles. The normalized spacial score (nSPS) is 58.6. The van der Waals surface area contributed by atoms with Gasteiger partial charge in [0.25, 0.3) is 0 Å². The molecule has 1 atom stereocenters. The lowest BCUT2D eigenvalue weighted by molar-refractivity contribution is 0.481. The van der Waals surface area contributed by atoms with Crippen LogP contribution in [0.3, 0.4) is 0 Å². The standard InChI is InChI=1S/C11H15BrN2/c1-9-4-2-3-7-14(9)11-6-5-10(12)8-13-11/h5-6,8-9H,2-4,7H2,1H3/i1D3,2D2,3D2,4D2,5D,6D,7D2,8D,9D. The third-order valence-electron chi connectivity index (χ3n) is 1.39.